The summed E-state index contributed by atoms with van der Waals surface area (Å²) in [7, 11) is -14.3. The van der Waals surface area contributed by atoms with E-state index in [0.717, 1.165) is 74.7 Å². The Hall–Kier alpha value is -3.95. The molecule has 0 bridgehead atoms. The highest BCUT2D eigenvalue weighted by Gasteiger charge is 2.48. The molecule has 404 valence electrons. The monoisotopic (exact) mass is 1120 g/mol. The Balaban J connectivity index is 1.01. The molecule has 1 aliphatic carbocycles. The number of sulfone groups is 1. The molecule has 0 spiro atoms. The first kappa shape index (κ1) is 57.7. The van der Waals surface area contributed by atoms with E-state index in [1.165, 1.54) is 40.6 Å². The molecular weight excluding hydrogens is 1060 g/mol. The number of hydrogen-bond acceptors (Lipinski definition) is 14. The summed E-state index contributed by atoms with van der Waals surface area (Å²) in [5.74, 6) is -0.726. The molecule has 0 radical (unpaired) electrons. The van der Waals surface area contributed by atoms with Crippen LogP contribution in [0.3, 0.4) is 0 Å². The van der Waals surface area contributed by atoms with Gasteiger partial charge in [-0.3, -0.25) is 19.2 Å². The van der Waals surface area contributed by atoms with Crippen LogP contribution in [0.25, 0.3) is 5.57 Å². The van der Waals surface area contributed by atoms with E-state index in [2.05, 4.69) is 46.0 Å². The number of thioether (sulfide) groups is 1. The lowest BCUT2D eigenvalue weighted by molar-refractivity contribution is -0.0436. The Morgan fingerprint density at radius 3 is 2.07 bits per heavy atom. The van der Waals surface area contributed by atoms with E-state index in [1.807, 2.05) is 52.1 Å². The standard InChI is InChI=1S/C52H67ClF3N6O8PS3/c1-5-69-71(64,70-6-2)38-61-28-26-59(27-29-61)25-23-43(37-72-45-10-8-7-9-11-45)57-48-21-20-46(34-49(48)73(65,66)52(54,55)56)74(67,68)58-50(63)40-14-18-44(19-15-40)62-32-30-60(31-33-62)36-41-35-51(3,4)24-22-47(41)39-12-16-42(53)17-13-39/h7-21,34,43,57H,5-6,22-33,35-38H2,1-4H3,(H,58,63)/t43-/m1/s1. The number of rotatable bonds is 22. The normalized spacial score (nSPS) is 18.1. The summed E-state index contributed by atoms with van der Waals surface area (Å²) < 4.78 is 123. The molecule has 1 atom stereocenters. The third-order valence-corrected chi connectivity index (χ3v) is 19.9. The number of piperazine rings is 2. The van der Waals surface area contributed by atoms with Gasteiger partial charge in [-0.15, -0.1) is 11.8 Å². The summed E-state index contributed by atoms with van der Waals surface area (Å²) in [5.41, 5.74) is -1.16. The maximum Gasteiger partial charge on any atom is 0.501 e. The number of halogens is 4. The fourth-order valence-corrected chi connectivity index (χ4v) is 14.5. The van der Waals surface area contributed by atoms with Crippen molar-refractivity contribution in [1.82, 2.24) is 19.4 Å². The van der Waals surface area contributed by atoms with E-state index in [0.29, 0.717) is 56.0 Å². The Morgan fingerprint density at radius 2 is 1.45 bits per heavy atom. The fourth-order valence-electron chi connectivity index (χ4n) is 9.58. The van der Waals surface area contributed by atoms with Crippen LogP contribution in [0.15, 0.2) is 117 Å². The molecule has 7 rings (SSSR count). The summed E-state index contributed by atoms with van der Waals surface area (Å²) >= 11 is 7.62. The molecule has 3 aliphatic rings. The molecule has 2 N–H and O–H groups in total. The minimum Gasteiger partial charge on any atom is -0.380 e. The molecule has 1 amide bonds. The molecule has 2 saturated heterocycles. The van der Waals surface area contributed by atoms with Gasteiger partial charge in [-0.05, 0) is 123 Å². The summed E-state index contributed by atoms with van der Waals surface area (Å²) in [5, 5.41) is 3.72. The number of nitrogens with one attached hydrogen (secondary N) is 2. The lowest BCUT2D eigenvalue weighted by atomic mass is 9.73. The Morgan fingerprint density at radius 1 is 0.824 bits per heavy atom. The van der Waals surface area contributed by atoms with Gasteiger partial charge in [-0.1, -0.05) is 61.4 Å². The van der Waals surface area contributed by atoms with Crippen LogP contribution in [0.4, 0.5) is 24.5 Å². The zero-order valence-electron chi connectivity index (χ0n) is 42.3. The van der Waals surface area contributed by atoms with Crippen molar-refractivity contribution in [3.63, 3.8) is 0 Å². The van der Waals surface area contributed by atoms with E-state index in [1.54, 1.807) is 26.0 Å². The molecule has 0 aromatic heterocycles. The highest BCUT2D eigenvalue weighted by atomic mass is 35.5. The van der Waals surface area contributed by atoms with Crippen molar-refractivity contribution in [1.29, 1.82) is 0 Å². The lowest BCUT2D eigenvalue weighted by Gasteiger charge is -2.39. The molecule has 2 fully saturated rings. The predicted octanol–water partition coefficient (Wildman–Crippen LogP) is 10.3. The van der Waals surface area contributed by atoms with Crippen LogP contribution in [-0.4, -0.2) is 140 Å². The molecule has 74 heavy (non-hydrogen) atoms. The third kappa shape index (κ3) is 15.4. The van der Waals surface area contributed by atoms with Crippen LogP contribution < -0.4 is 14.9 Å². The first-order valence-corrected chi connectivity index (χ1v) is 31.0. The number of amides is 1. The van der Waals surface area contributed by atoms with Crippen molar-refractivity contribution in [2.75, 3.05) is 101 Å². The fraction of sp³-hybridized carbons (Fsp3) is 0.481. The SMILES string of the molecule is CCOP(=O)(CN1CCN(CC[C@H](CSc2ccccc2)Nc2ccc(S(=O)(=O)NC(=O)c3ccc(N4CCN(CC5=C(c6ccc(Cl)cc6)CCC(C)(C)C5)CC4)cc3)cc2S(=O)(=O)C(F)(F)F)CC1)OCC. The Kier molecular flexibility index (Phi) is 19.5. The first-order valence-electron chi connectivity index (χ1n) is 24.9. The van der Waals surface area contributed by atoms with Gasteiger partial charge in [0.15, 0.2) is 0 Å². The van der Waals surface area contributed by atoms with Crippen LogP contribution in [0.2, 0.25) is 5.02 Å². The average Bonchev–Trinajstić information content (AvgIpc) is 3.35. The minimum atomic E-state index is -6.11. The van der Waals surface area contributed by atoms with Gasteiger partial charge in [0.25, 0.3) is 25.8 Å². The smallest absolute Gasteiger partial charge is 0.380 e. The molecule has 4 aromatic rings. The summed E-state index contributed by atoms with van der Waals surface area (Å²) in [6.07, 6.45) is 3.64. The van der Waals surface area contributed by atoms with Gasteiger partial charge in [-0.2, -0.15) is 13.2 Å². The van der Waals surface area contributed by atoms with Gasteiger partial charge >= 0.3 is 13.1 Å². The zero-order valence-corrected chi connectivity index (χ0v) is 46.4. The van der Waals surface area contributed by atoms with Crippen LogP contribution in [-0.2, 0) is 33.5 Å². The van der Waals surface area contributed by atoms with E-state index >= 15 is 0 Å². The first-order chi connectivity index (χ1) is 35.1. The van der Waals surface area contributed by atoms with Crippen molar-refractivity contribution in [3.05, 3.63) is 119 Å². The number of sulfonamides is 1. The van der Waals surface area contributed by atoms with E-state index in [4.69, 9.17) is 20.6 Å². The number of carbonyl (C=O) groups excluding carboxylic acids is 1. The van der Waals surface area contributed by atoms with Gasteiger partial charge in [0.2, 0.25) is 0 Å². The number of carbonyl (C=O) groups is 1. The largest absolute Gasteiger partial charge is 0.501 e. The number of anilines is 2. The van der Waals surface area contributed by atoms with Crippen molar-refractivity contribution in [2.45, 2.75) is 79.6 Å². The Labute approximate surface area is 443 Å². The number of hydrogen-bond donors (Lipinski definition) is 2. The molecule has 2 aliphatic heterocycles. The lowest BCUT2D eigenvalue weighted by Crippen LogP contribution is -2.47. The van der Waals surface area contributed by atoms with Crippen LogP contribution in [0.1, 0.15) is 69.3 Å². The number of benzene rings is 4. The summed E-state index contributed by atoms with van der Waals surface area (Å²) in [6, 6.07) is 25.6. The second kappa shape index (κ2) is 25.0. The highest BCUT2D eigenvalue weighted by Crippen LogP contribution is 2.49. The molecule has 22 heteroatoms. The predicted molar refractivity (Wildman–Crippen MR) is 288 cm³/mol. The molecule has 4 aromatic carbocycles. The van der Waals surface area contributed by atoms with E-state index in [-0.39, 0.29) is 30.5 Å². The van der Waals surface area contributed by atoms with E-state index in [9.17, 15) is 39.4 Å². The summed E-state index contributed by atoms with van der Waals surface area (Å²) in [6.45, 7) is 15.3. The molecular formula is C52H67ClF3N6O8PS3. The van der Waals surface area contributed by atoms with Crippen molar-refractivity contribution < 1.29 is 48.4 Å². The zero-order chi connectivity index (χ0) is 53.3. The van der Waals surface area contributed by atoms with Gasteiger partial charge in [0.1, 0.15) is 11.2 Å². The van der Waals surface area contributed by atoms with Gasteiger partial charge in [-0.25, -0.2) is 21.6 Å². The maximum absolute atomic E-state index is 14.4. The molecule has 0 saturated carbocycles. The topological polar surface area (TPSA) is 158 Å². The molecule has 14 nitrogen and oxygen atoms in total. The second-order valence-corrected chi connectivity index (χ2v) is 26.7. The number of nitrogens with zero attached hydrogens (tertiary/aromatic N) is 4. The van der Waals surface area contributed by atoms with Crippen molar-refractivity contribution >= 4 is 73.7 Å². The molecule has 2 heterocycles. The van der Waals surface area contributed by atoms with Gasteiger partial charge in [0, 0.05) is 98.4 Å². The number of alkyl halides is 3. The number of allylic oxidation sites excluding steroid dienone is 1. The van der Waals surface area contributed by atoms with E-state index < -0.39 is 60.4 Å². The quantitative estimate of drug-likeness (QED) is 0.0566. The van der Waals surface area contributed by atoms with Crippen LogP contribution >= 0.6 is 31.0 Å². The van der Waals surface area contributed by atoms with Crippen molar-refractivity contribution in [2.24, 2.45) is 5.41 Å². The van der Waals surface area contributed by atoms with Crippen molar-refractivity contribution in [3.8, 4) is 0 Å². The van der Waals surface area contributed by atoms with Gasteiger partial charge in [0.05, 0.1) is 23.8 Å². The minimum absolute atomic E-state index is 0.0184. The third-order valence-electron chi connectivity index (χ3n) is 13.6. The van der Waals surface area contributed by atoms with Gasteiger partial charge < -0.3 is 24.2 Å². The average molecular weight is 1120 g/mol. The van der Waals surface area contributed by atoms with Crippen LogP contribution in [0.5, 0.6) is 0 Å². The second-order valence-electron chi connectivity index (χ2n) is 19.6. The Bertz CT molecular complexity index is 2840. The maximum atomic E-state index is 14.4. The van der Waals surface area contributed by atoms with Crippen LogP contribution in [0, 0.1) is 5.41 Å². The summed E-state index contributed by atoms with van der Waals surface area (Å²) in [4.78, 5) is 21.0. The highest BCUT2D eigenvalue weighted by molar-refractivity contribution is 7.99. The molecule has 0 unspecified atom stereocenters.